The van der Waals surface area contributed by atoms with E-state index in [0.717, 1.165) is 17.9 Å². The van der Waals surface area contributed by atoms with Crippen molar-refractivity contribution in [2.24, 2.45) is 17.8 Å². The highest BCUT2D eigenvalue weighted by Gasteiger charge is 2.33. The van der Waals surface area contributed by atoms with Gasteiger partial charge >= 0.3 is 0 Å². The van der Waals surface area contributed by atoms with Crippen molar-refractivity contribution in [1.29, 1.82) is 0 Å². The first-order chi connectivity index (χ1) is 13.0. The van der Waals surface area contributed by atoms with E-state index in [1.807, 2.05) is 11.0 Å². The Balaban J connectivity index is 1.47. The fourth-order valence-electron chi connectivity index (χ4n) is 3.63. The van der Waals surface area contributed by atoms with Crippen LogP contribution in [0.2, 0.25) is 0 Å². The lowest BCUT2D eigenvalue weighted by molar-refractivity contribution is -0.141. The number of carbonyl (C=O) groups is 2. The fraction of sp³-hybridized carbons (Fsp3) is 0.737. The molecular weight excluding hydrogens is 348 g/mol. The lowest BCUT2D eigenvalue weighted by Gasteiger charge is -2.34. The van der Waals surface area contributed by atoms with E-state index in [9.17, 15) is 9.59 Å². The molecule has 2 N–H and O–H groups in total. The summed E-state index contributed by atoms with van der Waals surface area (Å²) < 4.78 is 10.6. The molecule has 8 nitrogen and oxygen atoms in total. The van der Waals surface area contributed by atoms with Crippen LogP contribution in [0.15, 0.2) is 10.6 Å². The zero-order valence-corrected chi connectivity index (χ0v) is 16.2. The number of carbonyl (C=O) groups excluding carboxylic acids is 2. The smallest absolute Gasteiger partial charge is 0.227 e. The van der Waals surface area contributed by atoms with E-state index in [-0.39, 0.29) is 23.7 Å². The van der Waals surface area contributed by atoms with E-state index >= 15 is 0 Å². The lowest BCUT2D eigenvalue weighted by Crippen LogP contribution is -2.51. The van der Waals surface area contributed by atoms with Crippen molar-refractivity contribution in [3.05, 3.63) is 17.5 Å². The third-order valence-electron chi connectivity index (χ3n) is 5.05. The van der Waals surface area contributed by atoms with Crippen molar-refractivity contribution in [3.63, 3.8) is 0 Å². The average molecular weight is 378 g/mol. The first-order valence-electron chi connectivity index (χ1n) is 9.82. The summed E-state index contributed by atoms with van der Waals surface area (Å²) >= 11 is 0. The summed E-state index contributed by atoms with van der Waals surface area (Å²) in [7, 11) is 0. The van der Waals surface area contributed by atoms with Crippen molar-refractivity contribution in [2.45, 2.75) is 33.2 Å². The summed E-state index contributed by atoms with van der Waals surface area (Å²) in [5, 5.41) is 10.2. The molecule has 1 aromatic heterocycles. The minimum absolute atomic E-state index is 0.0459. The molecule has 150 valence electrons. The predicted octanol–water partition coefficient (Wildman–Crippen LogP) is 0.574. The van der Waals surface area contributed by atoms with Gasteiger partial charge in [0.1, 0.15) is 11.5 Å². The Morgan fingerprint density at radius 3 is 2.78 bits per heavy atom. The molecular formula is C19H30N4O4. The van der Waals surface area contributed by atoms with Gasteiger partial charge in [-0.3, -0.25) is 9.59 Å². The van der Waals surface area contributed by atoms with Gasteiger partial charge in [0, 0.05) is 38.7 Å². The van der Waals surface area contributed by atoms with Crippen LogP contribution in [0.1, 0.15) is 31.7 Å². The fourth-order valence-corrected chi connectivity index (χ4v) is 3.63. The Bertz CT molecular complexity index is 639. The van der Waals surface area contributed by atoms with Gasteiger partial charge in [0.2, 0.25) is 11.8 Å². The molecule has 0 saturated carbocycles. The molecule has 2 aliphatic heterocycles. The van der Waals surface area contributed by atoms with Crippen LogP contribution >= 0.6 is 0 Å². The molecule has 3 heterocycles. The number of nitrogens with one attached hydrogen (secondary N) is 2. The van der Waals surface area contributed by atoms with E-state index in [0.29, 0.717) is 58.3 Å². The molecule has 1 aromatic rings. The van der Waals surface area contributed by atoms with Gasteiger partial charge in [0.25, 0.3) is 0 Å². The number of hydrogen-bond acceptors (Lipinski definition) is 6. The van der Waals surface area contributed by atoms with Gasteiger partial charge in [-0.15, -0.1) is 0 Å². The molecule has 3 rings (SSSR count). The first kappa shape index (κ1) is 19.8. The molecule has 27 heavy (non-hydrogen) atoms. The normalized spacial score (nSPS) is 23.4. The van der Waals surface area contributed by atoms with Gasteiger partial charge in [-0.2, -0.15) is 0 Å². The molecule has 0 aliphatic carbocycles. The van der Waals surface area contributed by atoms with Crippen molar-refractivity contribution in [3.8, 4) is 0 Å². The molecule has 8 heteroatoms. The molecule has 2 aliphatic rings. The van der Waals surface area contributed by atoms with Crippen LogP contribution < -0.4 is 10.6 Å². The number of aromatic nitrogens is 1. The zero-order valence-electron chi connectivity index (χ0n) is 16.2. The maximum atomic E-state index is 12.7. The molecule has 2 amide bonds. The van der Waals surface area contributed by atoms with Gasteiger partial charge in [0.15, 0.2) is 0 Å². The summed E-state index contributed by atoms with van der Waals surface area (Å²) in [6, 6.07) is 1.89. The van der Waals surface area contributed by atoms with Crippen molar-refractivity contribution >= 4 is 11.8 Å². The Labute approximate surface area is 160 Å². The Morgan fingerprint density at radius 1 is 1.30 bits per heavy atom. The summed E-state index contributed by atoms with van der Waals surface area (Å²) in [6.45, 7) is 8.26. The van der Waals surface area contributed by atoms with Crippen LogP contribution in [-0.2, 0) is 27.3 Å². The third-order valence-corrected chi connectivity index (χ3v) is 5.05. The maximum Gasteiger partial charge on any atom is 0.227 e. The summed E-state index contributed by atoms with van der Waals surface area (Å²) in [6.07, 6.45) is 1.41. The minimum atomic E-state index is -0.212. The van der Waals surface area contributed by atoms with Crippen molar-refractivity contribution < 1.29 is 18.8 Å². The highest BCUT2D eigenvalue weighted by molar-refractivity contribution is 5.83. The second kappa shape index (κ2) is 9.32. The molecule has 2 atom stereocenters. The van der Waals surface area contributed by atoms with Crippen LogP contribution in [0, 0.1) is 17.8 Å². The monoisotopic (exact) mass is 378 g/mol. The average Bonchev–Trinajstić information content (AvgIpc) is 3.13. The number of nitrogens with zero attached hydrogens (tertiary/aromatic N) is 2. The Kier molecular flexibility index (Phi) is 6.84. The minimum Gasteiger partial charge on any atom is -0.378 e. The van der Waals surface area contributed by atoms with Gasteiger partial charge < -0.3 is 24.8 Å². The number of piperidine rings is 1. The topological polar surface area (TPSA) is 96.7 Å². The molecule has 2 fully saturated rings. The van der Waals surface area contributed by atoms with Crippen LogP contribution in [0.25, 0.3) is 0 Å². The quantitative estimate of drug-likeness (QED) is 0.751. The van der Waals surface area contributed by atoms with E-state index in [1.165, 1.54) is 0 Å². The van der Waals surface area contributed by atoms with Crippen LogP contribution in [0.4, 0.5) is 0 Å². The first-order valence-corrected chi connectivity index (χ1v) is 9.82. The molecule has 0 radical (unpaired) electrons. The second-order valence-electron chi connectivity index (χ2n) is 7.83. The molecule has 0 unspecified atom stereocenters. The molecule has 0 aromatic carbocycles. The summed E-state index contributed by atoms with van der Waals surface area (Å²) in [4.78, 5) is 27.1. The Hall–Kier alpha value is -1.93. The summed E-state index contributed by atoms with van der Waals surface area (Å²) in [5.41, 5.74) is 0.726. The highest BCUT2D eigenvalue weighted by Crippen LogP contribution is 2.20. The van der Waals surface area contributed by atoms with Crippen molar-refractivity contribution in [1.82, 2.24) is 20.7 Å². The second-order valence-corrected chi connectivity index (χ2v) is 7.83. The predicted molar refractivity (Wildman–Crippen MR) is 98.8 cm³/mol. The molecule has 2 saturated heterocycles. The summed E-state index contributed by atoms with van der Waals surface area (Å²) in [5.74, 6) is 1.04. The molecule has 0 spiro atoms. The third kappa shape index (κ3) is 5.52. The zero-order chi connectivity index (χ0) is 19.2. The van der Waals surface area contributed by atoms with E-state index in [4.69, 9.17) is 9.26 Å². The van der Waals surface area contributed by atoms with E-state index in [2.05, 4.69) is 29.6 Å². The van der Waals surface area contributed by atoms with E-state index < -0.39 is 0 Å². The highest BCUT2D eigenvalue weighted by atomic mass is 16.5. The van der Waals surface area contributed by atoms with Crippen LogP contribution in [0.3, 0.4) is 0 Å². The lowest BCUT2D eigenvalue weighted by atomic mass is 9.88. The van der Waals surface area contributed by atoms with Crippen molar-refractivity contribution in [2.75, 3.05) is 39.4 Å². The SMILES string of the molecule is CC(C)Cc1cc(CNC(=O)[C@H]2CNC[C@@H](C(=O)N3CCOCC3)C2)no1. The van der Waals surface area contributed by atoms with E-state index in [1.54, 1.807) is 0 Å². The van der Waals surface area contributed by atoms with Gasteiger partial charge in [-0.25, -0.2) is 0 Å². The van der Waals surface area contributed by atoms with Crippen LogP contribution in [-0.4, -0.2) is 61.3 Å². The number of ether oxygens (including phenoxy) is 1. The van der Waals surface area contributed by atoms with Gasteiger partial charge in [0.05, 0.1) is 31.6 Å². The van der Waals surface area contributed by atoms with Gasteiger partial charge in [-0.05, 0) is 12.3 Å². The van der Waals surface area contributed by atoms with Gasteiger partial charge in [-0.1, -0.05) is 19.0 Å². The molecule has 0 bridgehead atoms. The number of hydrogen-bond donors (Lipinski definition) is 2. The number of amides is 2. The number of rotatable bonds is 6. The Morgan fingerprint density at radius 2 is 2.04 bits per heavy atom. The van der Waals surface area contributed by atoms with Crippen LogP contribution in [0.5, 0.6) is 0 Å². The maximum absolute atomic E-state index is 12.7. The number of morpholine rings is 1. The largest absolute Gasteiger partial charge is 0.378 e. The standard InChI is InChI=1S/C19H30N4O4/c1-13(2)7-17-9-16(22-27-17)12-21-18(24)14-8-15(11-20-10-14)19(25)23-3-5-26-6-4-23/h9,13-15,20H,3-8,10-12H2,1-2H3,(H,21,24)/t14-,15+/m1/s1.